The molecule has 35 heavy (non-hydrogen) atoms. The molecule has 0 aliphatic carbocycles. The van der Waals surface area contributed by atoms with E-state index in [1.807, 2.05) is 24.3 Å². The number of anilines is 1. The van der Waals surface area contributed by atoms with Gasteiger partial charge in [-0.3, -0.25) is 9.59 Å². The molecule has 0 spiro atoms. The third-order valence-corrected chi connectivity index (χ3v) is 7.09. The predicted molar refractivity (Wildman–Crippen MR) is 139 cm³/mol. The van der Waals surface area contributed by atoms with Crippen LogP contribution in [0.1, 0.15) is 15.2 Å². The average Bonchev–Trinajstić information content (AvgIpc) is 3.19. The summed E-state index contributed by atoms with van der Waals surface area (Å²) < 4.78 is 6.39. The number of thiophene rings is 1. The number of ether oxygens (including phenoxy) is 1. The van der Waals surface area contributed by atoms with E-state index in [0.717, 1.165) is 10.1 Å². The number of para-hydroxylation sites is 1. The summed E-state index contributed by atoms with van der Waals surface area (Å²) in [6.07, 6.45) is 1.24. The monoisotopic (exact) mass is 545 g/mol. The van der Waals surface area contributed by atoms with Gasteiger partial charge in [0, 0.05) is 15.6 Å². The molecule has 2 amide bonds. The Hall–Kier alpha value is -3.43. The summed E-state index contributed by atoms with van der Waals surface area (Å²) in [6, 6.07) is 18.5. The molecule has 0 aliphatic heterocycles. The zero-order chi connectivity index (χ0) is 24.9. The number of esters is 1. The van der Waals surface area contributed by atoms with Gasteiger partial charge in [-0.15, -0.1) is 11.3 Å². The fourth-order valence-electron chi connectivity index (χ4n) is 2.96. The highest BCUT2D eigenvalue weighted by atomic mass is 35.5. The Kier molecular flexibility index (Phi) is 7.67. The van der Waals surface area contributed by atoms with E-state index in [2.05, 4.69) is 15.8 Å². The van der Waals surface area contributed by atoms with Gasteiger partial charge in [0.2, 0.25) is 0 Å². The van der Waals surface area contributed by atoms with E-state index >= 15 is 0 Å². The molecular weight excluding hydrogens is 533 g/mol. The largest absolute Gasteiger partial charge is 0.422 e. The number of carbonyl (C=O) groups excluding carboxylic acids is 3. The van der Waals surface area contributed by atoms with Crippen LogP contribution >= 0.6 is 46.1 Å². The third-order valence-electron chi connectivity index (χ3n) is 4.62. The molecule has 4 rings (SSSR count). The topological polar surface area (TPSA) is 96.9 Å². The molecule has 1 aromatic heterocycles. The van der Waals surface area contributed by atoms with Gasteiger partial charge in [0.15, 0.2) is 0 Å². The number of hydrogen-bond donors (Lipinski definition) is 2. The van der Waals surface area contributed by atoms with Crippen LogP contribution in [-0.2, 0) is 9.59 Å². The second-order valence-corrected chi connectivity index (χ2v) is 9.14. The fourth-order valence-corrected chi connectivity index (χ4v) is 4.69. The molecule has 7 nitrogen and oxygen atoms in total. The van der Waals surface area contributed by atoms with Crippen LogP contribution in [0.3, 0.4) is 0 Å². The lowest BCUT2D eigenvalue weighted by atomic mass is 10.2. The van der Waals surface area contributed by atoms with Gasteiger partial charge in [0.05, 0.1) is 27.0 Å². The predicted octanol–water partition coefficient (Wildman–Crippen LogP) is 6.17. The molecule has 11 heteroatoms. The van der Waals surface area contributed by atoms with Crippen molar-refractivity contribution in [3.8, 4) is 5.75 Å². The first-order valence-corrected chi connectivity index (χ1v) is 11.9. The number of rotatable bonds is 5. The van der Waals surface area contributed by atoms with E-state index in [9.17, 15) is 14.4 Å². The van der Waals surface area contributed by atoms with Crippen molar-refractivity contribution in [2.75, 3.05) is 5.32 Å². The number of benzene rings is 3. The van der Waals surface area contributed by atoms with Crippen LogP contribution in [-0.4, -0.2) is 24.0 Å². The van der Waals surface area contributed by atoms with E-state index in [-0.39, 0.29) is 26.4 Å². The molecule has 0 bridgehead atoms. The SMILES string of the molecule is O=C(NN=Cc1ccccc1OC(=O)c1sc2ccccc2c1Cl)C(=O)Nc1cccc(Cl)c1Cl. The van der Waals surface area contributed by atoms with E-state index in [1.165, 1.54) is 23.6 Å². The van der Waals surface area contributed by atoms with Crippen molar-refractivity contribution in [2.45, 2.75) is 0 Å². The van der Waals surface area contributed by atoms with Gasteiger partial charge < -0.3 is 10.1 Å². The van der Waals surface area contributed by atoms with Crippen LogP contribution in [0.5, 0.6) is 5.75 Å². The molecule has 3 aromatic carbocycles. The van der Waals surface area contributed by atoms with E-state index < -0.39 is 17.8 Å². The maximum absolute atomic E-state index is 12.8. The number of halogens is 3. The lowest BCUT2D eigenvalue weighted by Gasteiger charge is -2.07. The van der Waals surface area contributed by atoms with Gasteiger partial charge >= 0.3 is 17.8 Å². The maximum Gasteiger partial charge on any atom is 0.355 e. The standard InChI is InChI=1S/C24H14Cl3N3O4S/c25-15-8-5-9-16(20(15)27)29-22(31)23(32)30-28-12-13-6-1-3-10-17(13)34-24(33)21-19(26)14-7-2-4-11-18(14)35-21/h1-12H,(H,29,31)(H,30,32). The van der Waals surface area contributed by atoms with Crippen molar-refractivity contribution < 1.29 is 19.1 Å². The van der Waals surface area contributed by atoms with Gasteiger partial charge in [-0.25, -0.2) is 10.2 Å². The van der Waals surface area contributed by atoms with Gasteiger partial charge in [0.25, 0.3) is 0 Å². The zero-order valence-corrected chi connectivity index (χ0v) is 20.6. The van der Waals surface area contributed by atoms with Gasteiger partial charge in [-0.1, -0.05) is 71.2 Å². The number of nitrogens with one attached hydrogen (secondary N) is 2. The number of nitrogens with zero attached hydrogens (tertiary/aromatic N) is 1. The zero-order valence-electron chi connectivity index (χ0n) is 17.6. The average molecular weight is 547 g/mol. The smallest absolute Gasteiger partial charge is 0.355 e. The highest BCUT2D eigenvalue weighted by Gasteiger charge is 2.20. The second kappa shape index (κ2) is 10.9. The van der Waals surface area contributed by atoms with Crippen LogP contribution < -0.4 is 15.5 Å². The minimum Gasteiger partial charge on any atom is -0.422 e. The van der Waals surface area contributed by atoms with E-state index in [1.54, 1.807) is 36.4 Å². The molecule has 0 unspecified atom stereocenters. The molecule has 0 saturated heterocycles. The van der Waals surface area contributed by atoms with Crippen molar-refractivity contribution in [2.24, 2.45) is 5.10 Å². The first-order chi connectivity index (χ1) is 16.8. The van der Waals surface area contributed by atoms with Crippen LogP contribution in [0.4, 0.5) is 5.69 Å². The van der Waals surface area contributed by atoms with Gasteiger partial charge in [-0.2, -0.15) is 5.10 Å². The summed E-state index contributed by atoms with van der Waals surface area (Å²) in [4.78, 5) is 37.2. The Morgan fingerprint density at radius 1 is 0.857 bits per heavy atom. The lowest BCUT2D eigenvalue weighted by molar-refractivity contribution is -0.136. The molecule has 0 saturated carbocycles. The second-order valence-electron chi connectivity index (χ2n) is 6.92. The summed E-state index contributed by atoms with van der Waals surface area (Å²) in [5.74, 6) is -2.47. The minimum atomic E-state index is -1.04. The Morgan fingerprint density at radius 3 is 2.40 bits per heavy atom. The molecule has 176 valence electrons. The normalized spacial score (nSPS) is 10.9. The molecular formula is C24H14Cl3N3O4S. The summed E-state index contributed by atoms with van der Waals surface area (Å²) in [7, 11) is 0. The fraction of sp³-hybridized carbons (Fsp3) is 0. The highest BCUT2D eigenvalue weighted by molar-refractivity contribution is 7.21. The number of fused-ring (bicyclic) bond motifs is 1. The van der Waals surface area contributed by atoms with Gasteiger partial charge in [0.1, 0.15) is 10.6 Å². The summed E-state index contributed by atoms with van der Waals surface area (Å²) >= 11 is 19.5. The van der Waals surface area contributed by atoms with Crippen molar-refractivity contribution in [3.63, 3.8) is 0 Å². The van der Waals surface area contributed by atoms with Crippen LogP contribution in [0.25, 0.3) is 10.1 Å². The first-order valence-electron chi connectivity index (χ1n) is 9.92. The van der Waals surface area contributed by atoms with Crippen molar-refractivity contribution in [1.82, 2.24) is 5.43 Å². The molecule has 0 fully saturated rings. The maximum atomic E-state index is 12.8. The van der Waals surface area contributed by atoms with Crippen molar-refractivity contribution in [1.29, 1.82) is 0 Å². The molecule has 2 N–H and O–H groups in total. The Balaban J connectivity index is 1.43. The van der Waals surface area contributed by atoms with Gasteiger partial charge in [-0.05, 0) is 30.3 Å². The summed E-state index contributed by atoms with van der Waals surface area (Å²) in [5, 5.41) is 7.54. The number of amides is 2. The molecule has 0 radical (unpaired) electrons. The van der Waals surface area contributed by atoms with Crippen LogP contribution in [0, 0.1) is 0 Å². The molecule has 1 heterocycles. The first kappa shape index (κ1) is 24.7. The summed E-state index contributed by atoms with van der Waals surface area (Å²) in [5.41, 5.74) is 2.67. The third kappa shape index (κ3) is 5.63. The lowest BCUT2D eigenvalue weighted by Crippen LogP contribution is -2.32. The molecule has 4 aromatic rings. The molecule has 0 aliphatic rings. The Morgan fingerprint density at radius 2 is 1.60 bits per heavy atom. The van der Waals surface area contributed by atoms with Crippen LogP contribution in [0.15, 0.2) is 71.8 Å². The van der Waals surface area contributed by atoms with Crippen molar-refractivity contribution >= 4 is 85.9 Å². The van der Waals surface area contributed by atoms with Crippen LogP contribution in [0.2, 0.25) is 15.1 Å². The number of hydrazone groups is 1. The minimum absolute atomic E-state index is 0.105. The van der Waals surface area contributed by atoms with E-state index in [4.69, 9.17) is 39.5 Å². The highest BCUT2D eigenvalue weighted by Crippen LogP contribution is 2.36. The Bertz CT molecular complexity index is 1490. The summed E-state index contributed by atoms with van der Waals surface area (Å²) in [6.45, 7) is 0. The quantitative estimate of drug-likeness (QED) is 0.103. The number of hydrogen-bond acceptors (Lipinski definition) is 6. The Labute approximate surface area is 218 Å². The number of carbonyl (C=O) groups is 3. The van der Waals surface area contributed by atoms with E-state index in [0.29, 0.717) is 10.6 Å². The molecule has 0 atom stereocenters. The van der Waals surface area contributed by atoms with Crippen molar-refractivity contribution in [3.05, 3.63) is 92.2 Å².